The predicted octanol–water partition coefficient (Wildman–Crippen LogP) is 2.30. The minimum Gasteiger partial charge on any atom is -0.454 e. The minimum atomic E-state index is 0.280. The van der Waals surface area contributed by atoms with Crippen molar-refractivity contribution in [1.82, 2.24) is 10.3 Å². The molecule has 2 aromatic rings. The van der Waals surface area contributed by atoms with Gasteiger partial charge < -0.3 is 24.4 Å². The molecular formula is C18H23N3O3. The summed E-state index contributed by atoms with van der Waals surface area (Å²) in [5.41, 5.74) is 2.09. The van der Waals surface area contributed by atoms with Crippen LogP contribution in [0.25, 0.3) is 10.9 Å². The number of hydrogen-bond donors (Lipinski definition) is 1. The third kappa shape index (κ3) is 2.99. The Morgan fingerprint density at radius 1 is 1.21 bits per heavy atom. The van der Waals surface area contributed by atoms with Gasteiger partial charge in [0.1, 0.15) is 5.82 Å². The van der Waals surface area contributed by atoms with Gasteiger partial charge >= 0.3 is 0 Å². The number of nitrogens with one attached hydrogen (secondary N) is 1. The van der Waals surface area contributed by atoms with Crippen molar-refractivity contribution in [2.45, 2.75) is 25.5 Å². The van der Waals surface area contributed by atoms with Gasteiger partial charge in [0.05, 0.1) is 11.6 Å². The average Bonchev–Trinajstić information content (AvgIpc) is 3.23. The third-order valence-electron chi connectivity index (χ3n) is 4.50. The molecule has 1 saturated heterocycles. The van der Waals surface area contributed by atoms with Crippen LogP contribution in [0.5, 0.6) is 11.5 Å². The van der Waals surface area contributed by atoms with Gasteiger partial charge in [-0.3, -0.25) is 0 Å². The number of ether oxygens (including phenoxy) is 3. The van der Waals surface area contributed by atoms with Gasteiger partial charge in [0.25, 0.3) is 0 Å². The van der Waals surface area contributed by atoms with Crippen molar-refractivity contribution in [3.63, 3.8) is 0 Å². The van der Waals surface area contributed by atoms with Gasteiger partial charge in [-0.25, -0.2) is 4.98 Å². The van der Waals surface area contributed by atoms with E-state index in [9.17, 15) is 0 Å². The monoisotopic (exact) mass is 329 g/mol. The maximum absolute atomic E-state index is 5.67. The van der Waals surface area contributed by atoms with Crippen molar-refractivity contribution in [2.75, 3.05) is 38.9 Å². The summed E-state index contributed by atoms with van der Waals surface area (Å²) in [7, 11) is 4.04. The first-order chi connectivity index (χ1) is 11.7. The number of rotatable bonds is 5. The van der Waals surface area contributed by atoms with Crippen LogP contribution in [0.4, 0.5) is 5.82 Å². The van der Waals surface area contributed by atoms with E-state index in [1.54, 1.807) is 0 Å². The van der Waals surface area contributed by atoms with Gasteiger partial charge in [-0.15, -0.1) is 0 Å². The number of benzene rings is 1. The van der Waals surface area contributed by atoms with Gasteiger partial charge in [-0.05, 0) is 25.0 Å². The maximum atomic E-state index is 5.67. The molecular weight excluding hydrogens is 306 g/mol. The summed E-state index contributed by atoms with van der Waals surface area (Å²) >= 11 is 0. The highest BCUT2D eigenvalue weighted by Crippen LogP contribution is 2.36. The van der Waals surface area contributed by atoms with Crippen molar-refractivity contribution in [1.29, 1.82) is 0 Å². The van der Waals surface area contributed by atoms with Crippen molar-refractivity contribution in [3.05, 3.63) is 23.8 Å². The number of fused-ring (bicyclic) bond motifs is 2. The molecule has 3 heterocycles. The molecule has 1 fully saturated rings. The van der Waals surface area contributed by atoms with E-state index >= 15 is 0 Å². The van der Waals surface area contributed by atoms with E-state index in [0.717, 1.165) is 54.3 Å². The van der Waals surface area contributed by atoms with Crippen LogP contribution in [0.1, 0.15) is 18.4 Å². The second-order valence-electron chi connectivity index (χ2n) is 6.53. The molecule has 24 heavy (non-hydrogen) atoms. The molecule has 4 rings (SSSR count). The lowest BCUT2D eigenvalue weighted by Crippen LogP contribution is -2.26. The number of nitrogens with zero attached hydrogens (tertiary/aromatic N) is 2. The first kappa shape index (κ1) is 15.5. The molecule has 1 aromatic carbocycles. The maximum Gasteiger partial charge on any atom is 0.231 e. The Kier molecular flexibility index (Phi) is 4.16. The Bertz CT molecular complexity index is 742. The van der Waals surface area contributed by atoms with Crippen molar-refractivity contribution < 1.29 is 14.2 Å². The van der Waals surface area contributed by atoms with Crippen molar-refractivity contribution in [2.24, 2.45) is 0 Å². The van der Waals surface area contributed by atoms with Gasteiger partial charge in [0, 0.05) is 50.8 Å². The van der Waals surface area contributed by atoms with E-state index in [1.165, 1.54) is 12.0 Å². The summed E-state index contributed by atoms with van der Waals surface area (Å²) in [5, 5.41) is 4.58. The molecule has 1 unspecified atom stereocenters. The van der Waals surface area contributed by atoms with E-state index in [1.807, 2.05) is 31.1 Å². The average molecular weight is 329 g/mol. The molecule has 6 heteroatoms. The lowest BCUT2D eigenvalue weighted by Gasteiger charge is -2.18. The Morgan fingerprint density at radius 2 is 2.04 bits per heavy atom. The number of anilines is 1. The van der Waals surface area contributed by atoms with E-state index in [4.69, 9.17) is 19.2 Å². The molecule has 2 aliphatic heterocycles. The van der Waals surface area contributed by atoms with Gasteiger partial charge in [-0.1, -0.05) is 0 Å². The largest absolute Gasteiger partial charge is 0.454 e. The van der Waals surface area contributed by atoms with Crippen molar-refractivity contribution in [3.8, 4) is 11.5 Å². The van der Waals surface area contributed by atoms with Gasteiger partial charge in [0.2, 0.25) is 6.79 Å². The summed E-state index contributed by atoms with van der Waals surface area (Å²) < 4.78 is 16.6. The van der Waals surface area contributed by atoms with Crippen molar-refractivity contribution >= 4 is 16.7 Å². The number of aromatic nitrogens is 1. The second kappa shape index (κ2) is 6.45. The first-order valence-corrected chi connectivity index (χ1v) is 8.43. The summed E-state index contributed by atoms with van der Waals surface area (Å²) in [6.45, 7) is 2.82. The quantitative estimate of drug-likeness (QED) is 0.908. The van der Waals surface area contributed by atoms with Gasteiger partial charge in [0.15, 0.2) is 11.5 Å². The summed E-state index contributed by atoms with van der Waals surface area (Å²) in [6, 6.07) is 6.14. The zero-order chi connectivity index (χ0) is 16.5. The van der Waals surface area contributed by atoms with Crippen LogP contribution in [0, 0.1) is 0 Å². The highest BCUT2D eigenvalue weighted by Gasteiger charge is 2.18. The summed E-state index contributed by atoms with van der Waals surface area (Å²) in [4.78, 5) is 6.87. The molecule has 0 saturated carbocycles. The van der Waals surface area contributed by atoms with E-state index in [2.05, 4.69) is 11.4 Å². The standard InChI is InChI=1S/C18H23N3O3/c1-21(2)18-13(9-19-10-14-4-3-5-22-14)6-12-7-16-17(24-11-23-16)8-15(12)20-18/h6-8,14,19H,3-5,9-11H2,1-2H3. The van der Waals surface area contributed by atoms with E-state index < -0.39 is 0 Å². The normalized spacial score (nSPS) is 19.2. The zero-order valence-electron chi connectivity index (χ0n) is 14.2. The predicted molar refractivity (Wildman–Crippen MR) is 92.9 cm³/mol. The van der Waals surface area contributed by atoms with Crippen LogP contribution in [-0.4, -0.2) is 45.1 Å². The van der Waals surface area contributed by atoms with Crippen LogP contribution >= 0.6 is 0 Å². The molecule has 6 nitrogen and oxygen atoms in total. The molecule has 0 amide bonds. The zero-order valence-corrected chi connectivity index (χ0v) is 14.2. The second-order valence-corrected chi connectivity index (χ2v) is 6.53. The fourth-order valence-electron chi connectivity index (χ4n) is 3.29. The lowest BCUT2D eigenvalue weighted by atomic mass is 10.1. The lowest BCUT2D eigenvalue weighted by molar-refractivity contribution is 0.110. The van der Waals surface area contributed by atoms with Crippen LogP contribution in [-0.2, 0) is 11.3 Å². The van der Waals surface area contributed by atoms with Crippen LogP contribution in [0.2, 0.25) is 0 Å². The van der Waals surface area contributed by atoms with Crippen LogP contribution in [0.3, 0.4) is 0 Å². The smallest absolute Gasteiger partial charge is 0.231 e. The molecule has 1 aromatic heterocycles. The molecule has 0 radical (unpaired) electrons. The number of hydrogen-bond acceptors (Lipinski definition) is 6. The Morgan fingerprint density at radius 3 is 2.79 bits per heavy atom. The molecule has 128 valence electrons. The fraction of sp³-hybridized carbons (Fsp3) is 0.500. The Hall–Kier alpha value is -2.05. The fourth-order valence-corrected chi connectivity index (χ4v) is 3.29. The molecule has 2 aliphatic rings. The molecule has 1 N–H and O–H groups in total. The summed E-state index contributed by atoms with van der Waals surface area (Å²) in [6.07, 6.45) is 2.66. The number of pyridine rings is 1. The van der Waals surface area contributed by atoms with E-state index in [-0.39, 0.29) is 6.79 Å². The van der Waals surface area contributed by atoms with Crippen LogP contribution in [0.15, 0.2) is 18.2 Å². The topological polar surface area (TPSA) is 55.9 Å². The highest BCUT2D eigenvalue weighted by molar-refractivity contribution is 5.85. The highest BCUT2D eigenvalue weighted by atomic mass is 16.7. The van der Waals surface area contributed by atoms with Gasteiger partial charge in [-0.2, -0.15) is 0 Å². The Labute approximate surface area is 141 Å². The minimum absolute atomic E-state index is 0.280. The third-order valence-corrected chi connectivity index (χ3v) is 4.50. The SMILES string of the molecule is CN(C)c1nc2cc3c(cc2cc1CNCC1CCCO1)OCO3. The summed E-state index contributed by atoms with van der Waals surface area (Å²) in [5.74, 6) is 2.53. The Balaban J connectivity index is 1.59. The first-order valence-electron chi connectivity index (χ1n) is 8.43. The van der Waals surface area contributed by atoms with Crippen LogP contribution < -0.4 is 19.7 Å². The molecule has 0 bridgehead atoms. The molecule has 0 aliphatic carbocycles. The molecule has 0 spiro atoms. The molecule has 1 atom stereocenters. The van der Waals surface area contributed by atoms with E-state index in [0.29, 0.717) is 6.10 Å².